The Bertz CT molecular complexity index is 581. The second-order valence-corrected chi connectivity index (χ2v) is 4.65. The topological polar surface area (TPSA) is 84.7 Å². The molecule has 0 aliphatic carbocycles. The molecular weight excluding hydrogens is 268 g/mol. The van der Waals surface area contributed by atoms with E-state index in [0.29, 0.717) is 24.5 Å². The lowest BCUT2D eigenvalue weighted by molar-refractivity contribution is 0.0951. The predicted molar refractivity (Wildman–Crippen MR) is 80.1 cm³/mol. The Balaban J connectivity index is 1.98. The average Bonchev–Trinajstić information content (AvgIpc) is 3.00. The van der Waals surface area contributed by atoms with Gasteiger partial charge in [-0.1, -0.05) is 18.6 Å². The van der Waals surface area contributed by atoms with Gasteiger partial charge in [0.1, 0.15) is 5.82 Å². The molecule has 0 fully saturated rings. The van der Waals surface area contributed by atoms with Crippen molar-refractivity contribution in [3.05, 3.63) is 35.8 Å². The van der Waals surface area contributed by atoms with Crippen LogP contribution in [0, 0.1) is 0 Å². The molecule has 0 aliphatic heterocycles. The molecule has 2 aromatic rings. The first-order chi connectivity index (χ1) is 10.2. The van der Waals surface area contributed by atoms with Crippen molar-refractivity contribution in [3.63, 3.8) is 0 Å². The number of aryl methyl sites for hydroxylation is 1. The number of nitrogens with one attached hydrogen (secondary N) is 2. The maximum atomic E-state index is 12.2. The molecule has 2 heterocycles. The molecule has 0 spiro atoms. The van der Waals surface area contributed by atoms with Crippen LogP contribution in [0.4, 0.5) is 5.82 Å². The van der Waals surface area contributed by atoms with E-state index in [0.717, 1.165) is 18.5 Å². The summed E-state index contributed by atoms with van der Waals surface area (Å²) in [5.41, 5.74) is 1.54. The largest absolute Gasteiger partial charge is 0.373 e. The fraction of sp³-hybridized carbons (Fsp3) is 0.429. The molecule has 112 valence electrons. The van der Waals surface area contributed by atoms with Gasteiger partial charge in [-0.25, -0.2) is 4.98 Å². The monoisotopic (exact) mass is 288 g/mol. The number of carbonyl (C=O) groups excluding carboxylic acids is 1. The van der Waals surface area contributed by atoms with E-state index < -0.39 is 0 Å². The van der Waals surface area contributed by atoms with Crippen LogP contribution in [0.1, 0.15) is 29.4 Å². The summed E-state index contributed by atoms with van der Waals surface area (Å²) in [4.78, 5) is 16.6. The number of amides is 1. The van der Waals surface area contributed by atoms with E-state index in [1.807, 2.05) is 6.07 Å². The third kappa shape index (κ3) is 4.27. The Kier molecular flexibility index (Phi) is 5.25. The predicted octanol–water partition coefficient (Wildman–Crippen LogP) is 1.10. The molecule has 0 unspecified atom stereocenters. The molecule has 0 saturated heterocycles. The van der Waals surface area contributed by atoms with Crippen LogP contribution in [0.2, 0.25) is 0 Å². The summed E-state index contributed by atoms with van der Waals surface area (Å²) in [6, 6.07) is 3.60. The van der Waals surface area contributed by atoms with E-state index >= 15 is 0 Å². The lowest BCUT2D eigenvalue weighted by atomic mass is 10.1. The molecule has 0 aliphatic rings. The van der Waals surface area contributed by atoms with Gasteiger partial charge in [0, 0.05) is 31.0 Å². The van der Waals surface area contributed by atoms with Gasteiger partial charge in [0.25, 0.3) is 5.91 Å². The normalized spacial score (nSPS) is 10.4. The van der Waals surface area contributed by atoms with Crippen LogP contribution in [0.5, 0.6) is 0 Å². The Hall–Kier alpha value is -2.44. The molecule has 0 atom stereocenters. The number of anilines is 1. The molecule has 0 aromatic carbocycles. The molecule has 0 radical (unpaired) electrons. The van der Waals surface area contributed by atoms with Crippen LogP contribution in [0.25, 0.3) is 0 Å². The van der Waals surface area contributed by atoms with Gasteiger partial charge in [0.2, 0.25) is 0 Å². The van der Waals surface area contributed by atoms with Crippen molar-refractivity contribution in [1.29, 1.82) is 0 Å². The first-order valence-electron chi connectivity index (χ1n) is 7.04. The molecule has 7 nitrogen and oxygen atoms in total. The fourth-order valence-corrected chi connectivity index (χ4v) is 1.97. The van der Waals surface area contributed by atoms with E-state index in [2.05, 4.69) is 32.9 Å². The van der Waals surface area contributed by atoms with Gasteiger partial charge in [-0.15, -0.1) is 5.10 Å². The summed E-state index contributed by atoms with van der Waals surface area (Å²) >= 11 is 0. The van der Waals surface area contributed by atoms with Crippen molar-refractivity contribution >= 4 is 11.7 Å². The SMILES string of the molecule is CCCc1cc(C(=O)NCCn2ccnn2)cc(NC)n1. The minimum atomic E-state index is -0.105. The molecule has 7 heteroatoms. The van der Waals surface area contributed by atoms with E-state index in [1.54, 1.807) is 30.2 Å². The molecule has 2 N–H and O–H groups in total. The van der Waals surface area contributed by atoms with Crippen molar-refractivity contribution in [1.82, 2.24) is 25.3 Å². The highest BCUT2D eigenvalue weighted by Gasteiger charge is 2.09. The summed E-state index contributed by atoms with van der Waals surface area (Å²) in [5.74, 6) is 0.605. The van der Waals surface area contributed by atoms with E-state index in [-0.39, 0.29) is 5.91 Å². The zero-order valence-corrected chi connectivity index (χ0v) is 12.3. The minimum Gasteiger partial charge on any atom is -0.373 e. The van der Waals surface area contributed by atoms with E-state index in [9.17, 15) is 4.79 Å². The van der Waals surface area contributed by atoms with Crippen molar-refractivity contribution in [2.24, 2.45) is 0 Å². The third-order valence-electron chi connectivity index (χ3n) is 3.00. The van der Waals surface area contributed by atoms with Gasteiger partial charge in [0.15, 0.2) is 0 Å². The van der Waals surface area contributed by atoms with Gasteiger partial charge in [-0.3, -0.25) is 9.48 Å². The molecular formula is C14H20N6O. The van der Waals surface area contributed by atoms with Crippen LogP contribution in [-0.2, 0) is 13.0 Å². The lowest BCUT2D eigenvalue weighted by Crippen LogP contribution is -2.27. The van der Waals surface area contributed by atoms with Crippen molar-refractivity contribution in [2.45, 2.75) is 26.3 Å². The molecule has 21 heavy (non-hydrogen) atoms. The molecule has 0 saturated carbocycles. The standard InChI is InChI=1S/C14H20N6O/c1-3-4-12-9-11(10-13(15-2)18-12)14(21)16-5-7-20-8-6-17-19-20/h6,8-10H,3-5,7H2,1-2H3,(H,15,18)(H,16,21). The average molecular weight is 288 g/mol. The quantitative estimate of drug-likeness (QED) is 0.797. The van der Waals surface area contributed by atoms with Crippen molar-refractivity contribution in [2.75, 3.05) is 18.9 Å². The smallest absolute Gasteiger partial charge is 0.251 e. The van der Waals surface area contributed by atoms with Crippen LogP contribution in [0.3, 0.4) is 0 Å². The van der Waals surface area contributed by atoms with Gasteiger partial charge >= 0.3 is 0 Å². The summed E-state index contributed by atoms with van der Waals surface area (Å²) in [5, 5.41) is 13.4. The maximum Gasteiger partial charge on any atom is 0.251 e. The van der Waals surface area contributed by atoms with Crippen LogP contribution >= 0.6 is 0 Å². The molecule has 1 amide bonds. The summed E-state index contributed by atoms with van der Waals surface area (Å²) in [7, 11) is 1.80. The number of aromatic nitrogens is 4. The second kappa shape index (κ2) is 7.37. The van der Waals surface area contributed by atoms with Crippen LogP contribution in [-0.4, -0.2) is 39.5 Å². The minimum absolute atomic E-state index is 0.105. The lowest BCUT2D eigenvalue weighted by Gasteiger charge is -2.09. The number of nitrogens with zero attached hydrogens (tertiary/aromatic N) is 4. The van der Waals surface area contributed by atoms with Crippen molar-refractivity contribution < 1.29 is 4.79 Å². The van der Waals surface area contributed by atoms with Gasteiger partial charge in [-0.2, -0.15) is 0 Å². The fourth-order valence-electron chi connectivity index (χ4n) is 1.97. The molecule has 2 rings (SSSR count). The zero-order valence-electron chi connectivity index (χ0n) is 12.3. The number of carbonyl (C=O) groups is 1. The Labute approximate surface area is 123 Å². The zero-order chi connectivity index (χ0) is 15.1. The van der Waals surface area contributed by atoms with Crippen LogP contribution in [0.15, 0.2) is 24.5 Å². The first-order valence-corrected chi connectivity index (χ1v) is 7.04. The van der Waals surface area contributed by atoms with Crippen LogP contribution < -0.4 is 10.6 Å². The highest BCUT2D eigenvalue weighted by molar-refractivity contribution is 5.95. The number of hydrogen-bond acceptors (Lipinski definition) is 5. The van der Waals surface area contributed by atoms with E-state index in [1.165, 1.54) is 0 Å². The molecule has 0 bridgehead atoms. The number of rotatable bonds is 7. The first kappa shape index (κ1) is 15.0. The Morgan fingerprint density at radius 2 is 2.24 bits per heavy atom. The number of hydrogen-bond donors (Lipinski definition) is 2. The highest BCUT2D eigenvalue weighted by Crippen LogP contribution is 2.11. The van der Waals surface area contributed by atoms with E-state index in [4.69, 9.17) is 0 Å². The third-order valence-corrected chi connectivity index (χ3v) is 3.00. The van der Waals surface area contributed by atoms with Gasteiger partial charge < -0.3 is 10.6 Å². The number of pyridine rings is 1. The summed E-state index contributed by atoms with van der Waals surface area (Å²) in [6.45, 7) is 3.19. The molecule has 2 aromatic heterocycles. The Morgan fingerprint density at radius 1 is 1.38 bits per heavy atom. The van der Waals surface area contributed by atoms with Gasteiger partial charge in [0.05, 0.1) is 12.7 Å². The summed E-state index contributed by atoms with van der Waals surface area (Å²) in [6.07, 6.45) is 5.22. The van der Waals surface area contributed by atoms with Crippen molar-refractivity contribution in [3.8, 4) is 0 Å². The second-order valence-electron chi connectivity index (χ2n) is 4.65. The maximum absolute atomic E-state index is 12.2. The summed E-state index contributed by atoms with van der Waals surface area (Å²) < 4.78 is 1.67. The highest BCUT2D eigenvalue weighted by atomic mass is 16.1. The van der Waals surface area contributed by atoms with Gasteiger partial charge in [-0.05, 0) is 18.6 Å². The Morgan fingerprint density at radius 3 is 2.90 bits per heavy atom.